The van der Waals surface area contributed by atoms with Crippen molar-refractivity contribution in [1.29, 1.82) is 0 Å². The normalized spacial score (nSPS) is 15.0. The van der Waals surface area contributed by atoms with Gasteiger partial charge < -0.3 is 46.4 Å². The van der Waals surface area contributed by atoms with Crippen molar-refractivity contribution in [3.8, 4) is 0 Å². The average molecular weight is 356 g/mol. The van der Waals surface area contributed by atoms with Crippen LogP contribution in [0.4, 0.5) is 5.82 Å². The molecule has 0 aliphatic rings. The van der Waals surface area contributed by atoms with E-state index in [0.29, 0.717) is 0 Å². The molecule has 13 nitrogen and oxygen atoms in total. The summed E-state index contributed by atoms with van der Waals surface area (Å²) in [6, 6.07) is 0. The molecule has 3 atom stereocenters. The molecule has 0 aliphatic heterocycles. The summed E-state index contributed by atoms with van der Waals surface area (Å²) in [7, 11) is -4.93. The molecule has 0 radical (unpaired) electrons. The third kappa shape index (κ3) is 7.80. The molecule has 0 aromatic carbocycles. The Morgan fingerprint density at radius 3 is 2.30 bits per heavy atom. The highest BCUT2D eigenvalue weighted by atomic mass is 31.2. The van der Waals surface area contributed by atoms with Crippen LogP contribution < -0.4 is 11.5 Å². The first-order valence-electron chi connectivity index (χ1n) is 5.78. The fraction of sp³-hybridized carbons (Fsp3) is 0.444. The number of primary amides is 1. The van der Waals surface area contributed by atoms with Gasteiger partial charge in [-0.25, -0.2) is 9.55 Å². The minimum atomic E-state index is -4.93. The Morgan fingerprint density at radius 1 is 1.48 bits per heavy atom. The number of carbonyl (C=O) groups is 2. The van der Waals surface area contributed by atoms with Gasteiger partial charge >= 0.3 is 7.82 Å². The highest BCUT2D eigenvalue weighted by Gasteiger charge is 2.32. The number of nitrogens with one attached hydrogen (secondary N) is 1. The molecule has 132 valence electrons. The summed E-state index contributed by atoms with van der Waals surface area (Å²) >= 11 is 0. The summed E-state index contributed by atoms with van der Waals surface area (Å²) in [6.07, 6.45) is -4.27. The molecule has 1 rings (SSSR count). The molecule has 0 saturated heterocycles. The Kier molecular flexibility index (Phi) is 8.56. The molecule has 10 N–H and O–H groups in total. The SMILES string of the molecule is NC(=O)c1nc[nH]c1N.O=C[C@H](OP(=O)(O)O)[C@H](O)[C@H](O)CO. The summed E-state index contributed by atoms with van der Waals surface area (Å²) in [4.78, 5) is 43.2. The lowest BCUT2D eigenvalue weighted by molar-refractivity contribution is -0.126. The average Bonchev–Trinajstić information content (AvgIpc) is 2.89. The van der Waals surface area contributed by atoms with E-state index in [4.69, 9.17) is 36.6 Å². The van der Waals surface area contributed by atoms with E-state index in [9.17, 15) is 14.2 Å². The molecule has 1 heterocycles. The third-order valence-electron chi connectivity index (χ3n) is 2.21. The minimum Gasteiger partial charge on any atom is -0.394 e. The number of anilines is 1. The molecule has 0 aliphatic carbocycles. The number of imidazole rings is 1. The molecule has 0 spiro atoms. The number of phosphoric ester groups is 1. The van der Waals surface area contributed by atoms with Crippen LogP contribution in [0.15, 0.2) is 6.33 Å². The van der Waals surface area contributed by atoms with Gasteiger partial charge in [-0.3, -0.25) is 9.32 Å². The van der Waals surface area contributed by atoms with E-state index < -0.39 is 38.6 Å². The lowest BCUT2D eigenvalue weighted by Gasteiger charge is -2.21. The number of nitrogens with two attached hydrogens (primary N) is 2. The maximum absolute atomic E-state index is 10.3. The number of H-pyrrole nitrogens is 1. The molecule has 0 unspecified atom stereocenters. The first-order valence-corrected chi connectivity index (χ1v) is 7.31. The number of amides is 1. The van der Waals surface area contributed by atoms with Gasteiger partial charge in [0, 0.05) is 0 Å². The highest BCUT2D eigenvalue weighted by Crippen LogP contribution is 2.38. The zero-order chi connectivity index (χ0) is 18.2. The Labute approximate surface area is 129 Å². The lowest BCUT2D eigenvalue weighted by Crippen LogP contribution is -2.41. The minimum absolute atomic E-state index is 0.0807. The van der Waals surface area contributed by atoms with Gasteiger partial charge in [0.1, 0.15) is 18.0 Å². The number of phosphoric acid groups is 1. The van der Waals surface area contributed by atoms with Crippen LogP contribution in [0.1, 0.15) is 10.5 Å². The second-order valence-electron chi connectivity index (χ2n) is 3.97. The van der Waals surface area contributed by atoms with Crippen LogP contribution in [0, 0.1) is 0 Å². The standard InChI is InChI=1S/C5H11O8P.C4H6N4O/c6-1-3(8)5(9)4(2-7)13-14(10,11)12;5-3-2(4(6)9)7-1-8-3/h2-6,8-9H,1H2,(H2,10,11,12);1H,5H2,(H2,6,9)(H,7,8)/t3-,4+,5-;/m1./s1. The number of carbonyl (C=O) groups excluding carboxylic acids is 2. The van der Waals surface area contributed by atoms with Crippen LogP contribution in [0.25, 0.3) is 0 Å². The number of aldehydes is 1. The van der Waals surface area contributed by atoms with Crippen LogP contribution >= 0.6 is 7.82 Å². The van der Waals surface area contributed by atoms with E-state index >= 15 is 0 Å². The van der Waals surface area contributed by atoms with Crippen molar-refractivity contribution in [2.24, 2.45) is 5.73 Å². The van der Waals surface area contributed by atoms with Gasteiger partial charge in [-0.1, -0.05) is 0 Å². The van der Waals surface area contributed by atoms with Crippen molar-refractivity contribution in [3.05, 3.63) is 12.0 Å². The molecular weight excluding hydrogens is 339 g/mol. The summed E-state index contributed by atoms with van der Waals surface area (Å²) in [5, 5.41) is 26.2. The van der Waals surface area contributed by atoms with Gasteiger partial charge in [-0.15, -0.1) is 0 Å². The molecule has 1 amide bonds. The zero-order valence-electron chi connectivity index (χ0n) is 11.5. The maximum atomic E-state index is 10.3. The predicted molar refractivity (Wildman–Crippen MR) is 73.6 cm³/mol. The third-order valence-corrected chi connectivity index (χ3v) is 2.73. The number of aliphatic hydroxyl groups excluding tert-OH is 3. The maximum Gasteiger partial charge on any atom is 0.470 e. The van der Waals surface area contributed by atoms with Crippen molar-refractivity contribution in [2.75, 3.05) is 12.3 Å². The summed E-state index contributed by atoms with van der Waals surface area (Å²) in [5.74, 6) is -0.406. The molecule has 1 aromatic heterocycles. The first kappa shape index (κ1) is 21.1. The Hall–Kier alpha value is -1.86. The van der Waals surface area contributed by atoms with Crippen LogP contribution in [0.2, 0.25) is 0 Å². The zero-order valence-corrected chi connectivity index (χ0v) is 12.4. The largest absolute Gasteiger partial charge is 0.470 e. The molecule has 14 heteroatoms. The Balaban J connectivity index is 0.000000459. The van der Waals surface area contributed by atoms with Gasteiger partial charge in [-0.05, 0) is 0 Å². The van der Waals surface area contributed by atoms with Gasteiger partial charge in [0.05, 0.1) is 12.9 Å². The second-order valence-corrected chi connectivity index (χ2v) is 5.16. The van der Waals surface area contributed by atoms with Crippen molar-refractivity contribution >= 4 is 25.8 Å². The monoisotopic (exact) mass is 356 g/mol. The molecular formula is C9H17N4O9P. The van der Waals surface area contributed by atoms with Gasteiger partial charge in [0.2, 0.25) is 0 Å². The molecule has 0 bridgehead atoms. The van der Waals surface area contributed by atoms with E-state index in [1.54, 1.807) is 0 Å². The van der Waals surface area contributed by atoms with Gasteiger partial charge in [-0.2, -0.15) is 0 Å². The number of nitrogen functional groups attached to an aromatic ring is 1. The number of nitrogens with zero attached hydrogens (tertiary/aromatic N) is 1. The van der Waals surface area contributed by atoms with Crippen LogP contribution in [-0.2, 0) is 13.9 Å². The highest BCUT2D eigenvalue weighted by molar-refractivity contribution is 7.46. The molecule has 0 saturated carbocycles. The molecule has 23 heavy (non-hydrogen) atoms. The van der Waals surface area contributed by atoms with Crippen molar-refractivity contribution in [1.82, 2.24) is 9.97 Å². The number of aromatic nitrogens is 2. The quantitative estimate of drug-likeness (QED) is 0.176. The lowest BCUT2D eigenvalue weighted by atomic mass is 10.1. The van der Waals surface area contributed by atoms with Gasteiger partial charge in [0.25, 0.3) is 5.91 Å². The van der Waals surface area contributed by atoms with Crippen molar-refractivity contribution in [2.45, 2.75) is 18.3 Å². The molecule has 0 fully saturated rings. The number of hydrogen-bond acceptors (Lipinski definition) is 9. The van der Waals surface area contributed by atoms with E-state index in [-0.39, 0.29) is 17.8 Å². The van der Waals surface area contributed by atoms with Crippen LogP contribution in [0.3, 0.4) is 0 Å². The molecule has 1 aromatic rings. The summed E-state index contributed by atoms with van der Waals surface area (Å²) in [6.45, 7) is -0.865. The fourth-order valence-electron chi connectivity index (χ4n) is 1.15. The van der Waals surface area contributed by atoms with Crippen molar-refractivity contribution < 1.29 is 43.8 Å². The van der Waals surface area contributed by atoms with E-state index in [1.807, 2.05) is 0 Å². The summed E-state index contributed by atoms with van der Waals surface area (Å²) in [5.41, 5.74) is 10.2. The fourth-order valence-corrected chi connectivity index (χ4v) is 1.65. The van der Waals surface area contributed by atoms with Crippen LogP contribution in [0.5, 0.6) is 0 Å². The number of aliphatic hydroxyl groups is 3. The Morgan fingerprint density at radius 2 is 2.04 bits per heavy atom. The van der Waals surface area contributed by atoms with Crippen molar-refractivity contribution in [3.63, 3.8) is 0 Å². The topological polar surface area (TPSA) is 242 Å². The number of aromatic amines is 1. The number of rotatable bonds is 7. The first-order chi connectivity index (χ1) is 10.5. The summed E-state index contributed by atoms with van der Waals surface area (Å²) < 4.78 is 14.1. The van der Waals surface area contributed by atoms with E-state index in [1.165, 1.54) is 6.33 Å². The van der Waals surface area contributed by atoms with Gasteiger partial charge in [0.15, 0.2) is 18.1 Å². The van der Waals surface area contributed by atoms with Crippen LogP contribution in [-0.4, -0.2) is 72.2 Å². The second kappa shape index (κ2) is 9.32. The number of hydrogen-bond donors (Lipinski definition) is 8. The predicted octanol–water partition coefficient (Wildman–Crippen LogP) is -3.53. The smallest absolute Gasteiger partial charge is 0.394 e. The Bertz CT molecular complexity index is 559. The van der Waals surface area contributed by atoms with E-state index in [0.717, 1.165) is 0 Å². The van der Waals surface area contributed by atoms with E-state index in [2.05, 4.69) is 14.5 Å².